The van der Waals surface area contributed by atoms with Crippen LogP contribution in [0.1, 0.15) is 31.2 Å². The summed E-state index contributed by atoms with van der Waals surface area (Å²) in [5, 5.41) is 22.6. The molecule has 0 bridgehead atoms. The second kappa shape index (κ2) is 7.78. The maximum atomic E-state index is 11.6. The minimum atomic E-state index is -1.18. The monoisotopic (exact) mass is 431 g/mol. The van der Waals surface area contributed by atoms with E-state index in [-0.39, 0.29) is 22.7 Å². The van der Waals surface area contributed by atoms with Crippen LogP contribution in [0.2, 0.25) is 0 Å². The van der Waals surface area contributed by atoms with Crippen LogP contribution in [0.3, 0.4) is 0 Å². The Balaban J connectivity index is 0.00000210. The van der Waals surface area contributed by atoms with Gasteiger partial charge in [-0.15, -0.1) is 0 Å². The van der Waals surface area contributed by atoms with Gasteiger partial charge < -0.3 is 22.1 Å². The van der Waals surface area contributed by atoms with E-state index >= 15 is 0 Å². The normalized spacial score (nSPS) is 22.0. The highest BCUT2D eigenvalue weighted by atomic mass is 79.9. The molecule has 0 spiro atoms. The van der Waals surface area contributed by atoms with Crippen molar-refractivity contribution in [3.63, 3.8) is 0 Å². The van der Waals surface area contributed by atoms with Crippen molar-refractivity contribution in [1.29, 1.82) is 0 Å². The van der Waals surface area contributed by atoms with Gasteiger partial charge in [0.15, 0.2) is 6.54 Å². The number of nitrogens with zero attached hydrogens (tertiary/aromatic N) is 3. The van der Waals surface area contributed by atoms with Crippen LogP contribution in [0.15, 0.2) is 54.6 Å². The van der Waals surface area contributed by atoms with Crippen LogP contribution < -0.4 is 21.9 Å². The number of para-hydroxylation sites is 1. The van der Waals surface area contributed by atoms with Crippen LogP contribution in [-0.2, 0) is 5.72 Å². The highest BCUT2D eigenvalue weighted by Crippen LogP contribution is 2.35. The molecule has 6 nitrogen and oxygen atoms in total. The Labute approximate surface area is 168 Å². The van der Waals surface area contributed by atoms with Crippen LogP contribution in [-0.4, -0.2) is 33.5 Å². The molecule has 4 rings (SSSR count). The molecule has 0 aromatic heterocycles. The average molecular weight is 432 g/mol. The molecule has 2 aliphatic heterocycles. The van der Waals surface area contributed by atoms with Gasteiger partial charge in [-0.1, -0.05) is 18.2 Å². The van der Waals surface area contributed by atoms with Gasteiger partial charge in [-0.05, 0) is 43.5 Å². The molecule has 0 radical (unpaired) electrons. The van der Waals surface area contributed by atoms with E-state index in [1.807, 2.05) is 18.2 Å². The highest BCUT2D eigenvalue weighted by Gasteiger charge is 2.51. The fourth-order valence-electron chi connectivity index (χ4n) is 4.02. The average Bonchev–Trinajstić information content (AvgIpc) is 2.82. The third-order valence-electron chi connectivity index (χ3n) is 5.34. The summed E-state index contributed by atoms with van der Waals surface area (Å²) in [5.74, 6) is 1.13. The van der Waals surface area contributed by atoms with Crippen LogP contribution in [0.5, 0.6) is 0 Å². The summed E-state index contributed by atoms with van der Waals surface area (Å²) in [6.45, 7) is 1.20. The largest absolute Gasteiger partial charge is 1.00 e. The number of nitro benzene ring substituents is 1. The van der Waals surface area contributed by atoms with E-state index in [0.29, 0.717) is 12.1 Å². The predicted molar refractivity (Wildman–Crippen MR) is 99.4 cm³/mol. The first-order chi connectivity index (χ1) is 12.6. The fraction of sp³-hybridized carbons (Fsp3) is 0.350. The van der Waals surface area contributed by atoms with Gasteiger partial charge in [-0.3, -0.25) is 10.1 Å². The summed E-state index contributed by atoms with van der Waals surface area (Å²) >= 11 is 0. The number of amidine groups is 1. The van der Waals surface area contributed by atoms with E-state index in [1.54, 1.807) is 12.1 Å². The number of hydrogen-bond donors (Lipinski definition) is 1. The molecule has 2 aromatic carbocycles. The first kappa shape index (κ1) is 19.5. The molecular formula is C20H22BrN3O3. The van der Waals surface area contributed by atoms with E-state index in [0.717, 1.165) is 43.8 Å². The van der Waals surface area contributed by atoms with Crippen molar-refractivity contribution in [1.82, 2.24) is 0 Å². The van der Waals surface area contributed by atoms with Crippen molar-refractivity contribution < 1.29 is 31.6 Å². The zero-order valence-electron chi connectivity index (χ0n) is 14.9. The lowest BCUT2D eigenvalue weighted by Crippen LogP contribution is -3.00. The van der Waals surface area contributed by atoms with Crippen molar-refractivity contribution in [2.75, 3.05) is 18.0 Å². The topological polar surface area (TPSA) is 69.6 Å². The molecule has 0 saturated carbocycles. The van der Waals surface area contributed by atoms with Gasteiger partial charge in [0.25, 0.3) is 17.2 Å². The predicted octanol–water partition coefficient (Wildman–Crippen LogP) is 0.249. The highest BCUT2D eigenvalue weighted by molar-refractivity contribution is 5.95. The van der Waals surface area contributed by atoms with Crippen molar-refractivity contribution >= 4 is 17.2 Å². The van der Waals surface area contributed by atoms with Gasteiger partial charge in [0.05, 0.1) is 11.5 Å². The molecule has 1 atom stereocenters. The third kappa shape index (κ3) is 3.49. The molecule has 2 heterocycles. The SMILES string of the molecule is O=[N+]([O-])c1ccc(C2(O)CN(c3ccccc3)C3=[N+]2CCCCC3)cc1.[Br-]. The number of β-amino-alcohol motifs (C(OH)–C–C–N with tert-alkyl or cyclic N) is 1. The van der Waals surface area contributed by atoms with Gasteiger partial charge >= 0.3 is 0 Å². The minimum absolute atomic E-state index is 0. The molecule has 1 N–H and O–H groups in total. The Morgan fingerprint density at radius 2 is 1.74 bits per heavy atom. The van der Waals surface area contributed by atoms with Crippen LogP contribution in [0.25, 0.3) is 0 Å². The maximum Gasteiger partial charge on any atom is 0.271 e. The van der Waals surface area contributed by atoms with Crippen molar-refractivity contribution in [3.05, 3.63) is 70.3 Å². The number of aliphatic hydroxyl groups is 1. The quantitative estimate of drug-likeness (QED) is 0.429. The standard InChI is InChI=1S/C20H22N3O3.BrH/c24-20(16-10-12-18(13-11-16)23(25)26)15-21(17-7-3-1-4-8-17)19-9-5-2-6-14-22(19)20;/h1,3-4,7-8,10-13,24H,2,5-6,9,14-15H2;1H/q+1;/p-1. The summed E-state index contributed by atoms with van der Waals surface area (Å²) < 4.78 is 2.09. The Morgan fingerprint density at radius 3 is 2.41 bits per heavy atom. The van der Waals surface area contributed by atoms with E-state index in [1.165, 1.54) is 12.1 Å². The number of nitro groups is 1. The molecule has 2 aromatic rings. The van der Waals surface area contributed by atoms with E-state index in [9.17, 15) is 15.2 Å². The number of benzene rings is 2. The van der Waals surface area contributed by atoms with E-state index in [2.05, 4.69) is 21.6 Å². The van der Waals surface area contributed by atoms with E-state index < -0.39 is 10.6 Å². The van der Waals surface area contributed by atoms with Crippen LogP contribution in [0, 0.1) is 10.1 Å². The van der Waals surface area contributed by atoms with Crippen LogP contribution >= 0.6 is 0 Å². The second-order valence-electron chi connectivity index (χ2n) is 6.92. The summed E-state index contributed by atoms with van der Waals surface area (Å²) in [4.78, 5) is 12.7. The summed E-state index contributed by atoms with van der Waals surface area (Å²) in [7, 11) is 0. The molecular weight excluding hydrogens is 410 g/mol. The second-order valence-corrected chi connectivity index (χ2v) is 6.92. The van der Waals surface area contributed by atoms with Gasteiger partial charge in [-0.25, -0.2) is 9.48 Å². The van der Waals surface area contributed by atoms with Gasteiger partial charge in [0.1, 0.15) is 5.69 Å². The Hall–Kier alpha value is -2.25. The van der Waals surface area contributed by atoms with E-state index in [4.69, 9.17) is 0 Å². The molecule has 142 valence electrons. The lowest BCUT2D eigenvalue weighted by molar-refractivity contribution is -0.658. The summed E-state index contributed by atoms with van der Waals surface area (Å²) in [5.41, 5.74) is 0.619. The summed E-state index contributed by atoms with van der Waals surface area (Å²) in [6, 6.07) is 16.4. The number of non-ortho nitro benzene ring substituents is 1. The molecule has 0 saturated heterocycles. The number of rotatable bonds is 3. The van der Waals surface area contributed by atoms with Crippen molar-refractivity contribution in [3.8, 4) is 0 Å². The Bertz CT molecular complexity index is 855. The number of anilines is 1. The van der Waals surface area contributed by atoms with Gasteiger partial charge in [0, 0.05) is 24.1 Å². The zero-order valence-corrected chi connectivity index (χ0v) is 16.5. The molecule has 2 aliphatic rings. The first-order valence-corrected chi connectivity index (χ1v) is 9.03. The maximum absolute atomic E-state index is 11.6. The molecule has 27 heavy (non-hydrogen) atoms. The lowest BCUT2D eigenvalue weighted by Gasteiger charge is -2.23. The summed E-state index contributed by atoms with van der Waals surface area (Å²) in [6.07, 6.45) is 4.19. The molecule has 7 heteroatoms. The number of halogens is 1. The third-order valence-corrected chi connectivity index (χ3v) is 5.34. The number of hydrogen-bond acceptors (Lipinski definition) is 4. The van der Waals surface area contributed by atoms with Crippen molar-refractivity contribution in [2.45, 2.75) is 31.4 Å². The Morgan fingerprint density at radius 1 is 1.04 bits per heavy atom. The Kier molecular flexibility index (Phi) is 5.62. The van der Waals surface area contributed by atoms with Crippen molar-refractivity contribution in [2.24, 2.45) is 0 Å². The minimum Gasteiger partial charge on any atom is -1.00 e. The zero-order chi connectivity index (χ0) is 18.1. The smallest absolute Gasteiger partial charge is 0.271 e. The van der Waals surface area contributed by atoms with Gasteiger partial charge in [0.2, 0.25) is 0 Å². The molecule has 0 amide bonds. The van der Waals surface area contributed by atoms with Crippen LogP contribution in [0.4, 0.5) is 11.4 Å². The first-order valence-electron chi connectivity index (χ1n) is 9.03. The van der Waals surface area contributed by atoms with Gasteiger partial charge in [-0.2, -0.15) is 0 Å². The lowest BCUT2D eigenvalue weighted by atomic mass is 10.0. The molecule has 0 fully saturated rings. The fourth-order valence-corrected chi connectivity index (χ4v) is 4.02. The molecule has 0 aliphatic carbocycles. The molecule has 1 unspecified atom stereocenters.